The fourth-order valence-corrected chi connectivity index (χ4v) is 4.11. The van der Waals surface area contributed by atoms with E-state index >= 15 is 0 Å². The van der Waals surface area contributed by atoms with Crippen molar-refractivity contribution in [2.45, 2.75) is 18.7 Å². The van der Waals surface area contributed by atoms with Crippen LogP contribution in [-0.4, -0.2) is 21.4 Å². The van der Waals surface area contributed by atoms with E-state index in [1.807, 2.05) is 30.3 Å². The van der Waals surface area contributed by atoms with Crippen molar-refractivity contribution >= 4 is 20.5 Å². The van der Waals surface area contributed by atoms with Crippen molar-refractivity contribution in [1.82, 2.24) is 0 Å². The minimum Gasteiger partial charge on any atom is -0.263 e. The smallest absolute Gasteiger partial charge is 0.263 e. The molecule has 22 heavy (non-hydrogen) atoms. The Morgan fingerprint density at radius 2 is 1.45 bits per heavy atom. The van der Waals surface area contributed by atoms with Gasteiger partial charge >= 0.3 is 20.5 Å². The molecule has 6 nitrogen and oxygen atoms in total. The first-order valence-electron chi connectivity index (χ1n) is 6.21. The van der Waals surface area contributed by atoms with Gasteiger partial charge in [-0.25, -0.2) is 0 Å². The second kappa shape index (κ2) is 5.81. The highest BCUT2D eigenvalue weighted by molar-refractivity contribution is 7.97. The van der Waals surface area contributed by atoms with Crippen LogP contribution in [0.25, 0.3) is 11.1 Å². The zero-order valence-electron chi connectivity index (χ0n) is 11.8. The molecule has 0 aliphatic heterocycles. The van der Waals surface area contributed by atoms with Gasteiger partial charge in [0.2, 0.25) is 0 Å². The van der Waals surface area contributed by atoms with E-state index in [2.05, 4.69) is 3.63 Å². The molecule has 0 heterocycles. The molecule has 0 fully saturated rings. The molecule has 2 rings (SSSR count). The van der Waals surface area contributed by atoms with Crippen LogP contribution in [0.3, 0.4) is 0 Å². The van der Waals surface area contributed by atoms with Crippen LogP contribution in [0.2, 0.25) is 0 Å². The molecule has 0 radical (unpaired) electrons. The predicted molar refractivity (Wildman–Crippen MR) is 81.2 cm³/mol. The molecule has 0 unspecified atom stereocenters. The maximum Gasteiger partial charge on any atom is 0.412 e. The van der Waals surface area contributed by atoms with Gasteiger partial charge in [-0.05, 0) is 42.2 Å². The molecule has 0 atom stereocenters. The van der Waals surface area contributed by atoms with Crippen LogP contribution in [0.1, 0.15) is 11.1 Å². The lowest BCUT2D eigenvalue weighted by Gasteiger charge is -2.13. The largest absolute Gasteiger partial charge is 0.412 e. The molecular weight excluding hydrogens is 328 g/mol. The summed E-state index contributed by atoms with van der Waals surface area (Å²) in [5, 5.41) is 0. The zero-order valence-corrected chi connectivity index (χ0v) is 13.5. The summed E-state index contributed by atoms with van der Waals surface area (Å²) in [5.41, 5.74) is 2.75. The summed E-state index contributed by atoms with van der Waals surface area (Å²) in [6.07, 6.45) is 0. The molecular formula is C14H14O6S2. The second-order valence-corrected chi connectivity index (χ2v) is 7.43. The fourth-order valence-electron chi connectivity index (χ4n) is 2.15. The molecule has 0 aromatic heterocycles. The van der Waals surface area contributed by atoms with E-state index < -0.39 is 20.5 Å². The molecule has 2 aromatic carbocycles. The summed E-state index contributed by atoms with van der Waals surface area (Å²) in [6, 6.07) is 12.2. The monoisotopic (exact) mass is 342 g/mol. The minimum atomic E-state index is -5.11. The molecule has 118 valence electrons. The van der Waals surface area contributed by atoms with Gasteiger partial charge in [-0.3, -0.25) is 4.55 Å². The van der Waals surface area contributed by atoms with Crippen molar-refractivity contribution in [3.63, 3.8) is 0 Å². The van der Waals surface area contributed by atoms with Crippen LogP contribution in [0.5, 0.6) is 0 Å². The van der Waals surface area contributed by atoms with E-state index in [0.29, 0.717) is 11.1 Å². The van der Waals surface area contributed by atoms with Crippen molar-refractivity contribution in [2.75, 3.05) is 0 Å². The topological polar surface area (TPSA) is 97.7 Å². The van der Waals surface area contributed by atoms with Crippen LogP contribution >= 0.6 is 0 Å². The SMILES string of the molecule is Cc1c(-c2ccccc2)ccc(S(=O)(=O)OS(=O)(=O)O)c1C. The number of rotatable bonds is 4. The first kappa shape index (κ1) is 16.6. The average molecular weight is 342 g/mol. The van der Waals surface area contributed by atoms with Crippen molar-refractivity contribution < 1.29 is 25.0 Å². The maximum atomic E-state index is 11.9. The Morgan fingerprint density at radius 3 is 2.00 bits per heavy atom. The van der Waals surface area contributed by atoms with Crippen LogP contribution in [-0.2, 0) is 24.1 Å². The fraction of sp³-hybridized carbons (Fsp3) is 0.143. The van der Waals surface area contributed by atoms with Crippen molar-refractivity contribution in [3.05, 3.63) is 53.6 Å². The lowest BCUT2D eigenvalue weighted by atomic mass is 9.97. The molecule has 0 saturated carbocycles. The standard InChI is InChI=1S/C14H14O6S2/c1-10-11(2)14(21(15,16)20-22(17,18)19)9-8-13(10)12-6-4-3-5-7-12/h3-9H,1-2H3,(H,17,18,19). The third kappa shape index (κ3) is 3.53. The molecule has 0 spiro atoms. The summed E-state index contributed by atoms with van der Waals surface area (Å²) in [4.78, 5) is -0.303. The molecule has 0 amide bonds. The van der Waals surface area contributed by atoms with E-state index in [0.717, 1.165) is 11.1 Å². The highest BCUT2D eigenvalue weighted by atomic mass is 32.3. The van der Waals surface area contributed by atoms with E-state index in [-0.39, 0.29) is 4.90 Å². The first-order chi connectivity index (χ1) is 10.1. The minimum absolute atomic E-state index is 0.303. The Morgan fingerprint density at radius 1 is 0.864 bits per heavy atom. The number of hydrogen-bond donors (Lipinski definition) is 1. The van der Waals surface area contributed by atoms with Gasteiger partial charge in [-0.2, -0.15) is 16.8 Å². The zero-order chi connectivity index (χ0) is 16.5. The van der Waals surface area contributed by atoms with E-state index in [9.17, 15) is 16.8 Å². The van der Waals surface area contributed by atoms with Gasteiger partial charge in [-0.15, -0.1) is 3.63 Å². The van der Waals surface area contributed by atoms with Gasteiger partial charge in [0.1, 0.15) is 0 Å². The van der Waals surface area contributed by atoms with E-state index in [1.54, 1.807) is 19.9 Å². The Kier molecular flexibility index (Phi) is 4.39. The Hall–Kier alpha value is -1.74. The van der Waals surface area contributed by atoms with E-state index in [1.165, 1.54) is 6.07 Å². The van der Waals surface area contributed by atoms with Crippen molar-refractivity contribution in [1.29, 1.82) is 0 Å². The van der Waals surface area contributed by atoms with Gasteiger partial charge < -0.3 is 0 Å². The molecule has 0 aliphatic carbocycles. The molecule has 0 saturated heterocycles. The van der Waals surface area contributed by atoms with Crippen LogP contribution in [0.15, 0.2) is 47.4 Å². The van der Waals surface area contributed by atoms with Gasteiger partial charge in [-0.1, -0.05) is 36.4 Å². The summed E-state index contributed by atoms with van der Waals surface area (Å²) >= 11 is 0. The Balaban J connectivity index is 2.57. The lowest BCUT2D eigenvalue weighted by molar-refractivity contribution is 0.383. The van der Waals surface area contributed by atoms with Gasteiger partial charge in [0.25, 0.3) is 0 Å². The molecule has 8 heteroatoms. The van der Waals surface area contributed by atoms with Crippen molar-refractivity contribution in [2.24, 2.45) is 0 Å². The highest BCUT2D eigenvalue weighted by Gasteiger charge is 2.26. The normalized spacial score (nSPS) is 12.3. The second-order valence-electron chi connectivity index (χ2n) is 4.68. The van der Waals surface area contributed by atoms with Crippen LogP contribution in [0.4, 0.5) is 0 Å². The maximum absolute atomic E-state index is 11.9. The summed E-state index contributed by atoms with van der Waals surface area (Å²) in [7, 11) is -9.72. The summed E-state index contributed by atoms with van der Waals surface area (Å²) in [6.45, 7) is 3.27. The average Bonchev–Trinajstić information content (AvgIpc) is 2.39. The Bertz CT molecular complexity index is 900. The predicted octanol–water partition coefficient (Wildman–Crippen LogP) is 2.48. The van der Waals surface area contributed by atoms with Crippen molar-refractivity contribution in [3.8, 4) is 11.1 Å². The summed E-state index contributed by atoms with van der Waals surface area (Å²) in [5.74, 6) is 0. The van der Waals surface area contributed by atoms with Gasteiger partial charge in [0.05, 0.1) is 4.90 Å². The number of hydrogen-bond acceptors (Lipinski definition) is 5. The molecule has 0 bridgehead atoms. The number of benzene rings is 2. The molecule has 0 aliphatic rings. The van der Waals surface area contributed by atoms with Crippen LogP contribution < -0.4 is 0 Å². The highest BCUT2D eigenvalue weighted by Crippen LogP contribution is 2.30. The quantitative estimate of drug-likeness (QED) is 0.857. The van der Waals surface area contributed by atoms with Gasteiger partial charge in [0.15, 0.2) is 0 Å². The van der Waals surface area contributed by atoms with Crippen LogP contribution in [0, 0.1) is 13.8 Å². The van der Waals surface area contributed by atoms with E-state index in [4.69, 9.17) is 4.55 Å². The molecule has 1 N–H and O–H groups in total. The summed E-state index contributed by atoms with van der Waals surface area (Å²) < 4.78 is 57.5. The third-order valence-corrected chi connectivity index (χ3v) is 5.65. The van der Waals surface area contributed by atoms with Gasteiger partial charge in [0, 0.05) is 0 Å². The Labute approximate surface area is 129 Å². The molecule has 2 aromatic rings. The third-order valence-electron chi connectivity index (χ3n) is 3.27. The lowest BCUT2D eigenvalue weighted by Crippen LogP contribution is -2.14. The first-order valence-corrected chi connectivity index (χ1v) is 8.98.